The standard InChI is InChI=1S/C10H15N5.BrH/c1-14-7-3-4-9(14)8-13-15(2)10-11-5-6-12-10;/h3-4,7-8H,5-6H2,1-2H3,(H,11,12);1H. The van der Waals surface area contributed by atoms with Gasteiger partial charge in [-0.3, -0.25) is 0 Å². The van der Waals surface area contributed by atoms with E-state index in [-0.39, 0.29) is 17.0 Å². The van der Waals surface area contributed by atoms with Crippen LogP contribution in [0.3, 0.4) is 0 Å². The second kappa shape index (κ2) is 5.69. The van der Waals surface area contributed by atoms with E-state index < -0.39 is 0 Å². The second-order valence-electron chi connectivity index (χ2n) is 3.44. The molecule has 0 amide bonds. The van der Waals surface area contributed by atoms with Crippen molar-refractivity contribution in [2.24, 2.45) is 17.1 Å². The first-order chi connectivity index (χ1) is 7.27. The maximum absolute atomic E-state index is 4.30. The van der Waals surface area contributed by atoms with Crippen LogP contribution in [0.15, 0.2) is 28.4 Å². The van der Waals surface area contributed by atoms with Gasteiger partial charge in [-0.05, 0) is 12.1 Å². The van der Waals surface area contributed by atoms with Crippen LogP contribution >= 0.6 is 17.0 Å². The number of aromatic nitrogens is 1. The van der Waals surface area contributed by atoms with Gasteiger partial charge in [-0.15, -0.1) is 17.0 Å². The Balaban J connectivity index is 0.00000128. The van der Waals surface area contributed by atoms with E-state index in [9.17, 15) is 0 Å². The van der Waals surface area contributed by atoms with Gasteiger partial charge in [0.1, 0.15) is 0 Å². The zero-order valence-corrected chi connectivity index (χ0v) is 11.1. The van der Waals surface area contributed by atoms with E-state index in [0.29, 0.717) is 0 Å². The van der Waals surface area contributed by atoms with E-state index in [1.165, 1.54) is 0 Å². The Bertz CT molecular complexity index is 396. The van der Waals surface area contributed by atoms with Gasteiger partial charge < -0.3 is 9.88 Å². The number of hydrogen-bond acceptors (Lipinski definition) is 4. The fraction of sp³-hybridized carbons (Fsp3) is 0.400. The summed E-state index contributed by atoms with van der Waals surface area (Å²) >= 11 is 0. The molecule has 1 aliphatic heterocycles. The van der Waals surface area contributed by atoms with Gasteiger partial charge in [0, 0.05) is 26.8 Å². The van der Waals surface area contributed by atoms with Crippen molar-refractivity contribution in [3.8, 4) is 0 Å². The van der Waals surface area contributed by atoms with Gasteiger partial charge in [0.15, 0.2) is 0 Å². The molecule has 0 fully saturated rings. The highest BCUT2D eigenvalue weighted by atomic mass is 79.9. The minimum atomic E-state index is 0. The first kappa shape index (κ1) is 12.8. The van der Waals surface area contributed by atoms with Crippen LogP contribution < -0.4 is 5.32 Å². The summed E-state index contributed by atoms with van der Waals surface area (Å²) in [5.41, 5.74) is 1.07. The molecule has 0 atom stereocenters. The molecule has 88 valence electrons. The zero-order chi connectivity index (χ0) is 10.7. The van der Waals surface area contributed by atoms with Crippen molar-refractivity contribution in [1.29, 1.82) is 0 Å². The summed E-state index contributed by atoms with van der Waals surface area (Å²) in [6, 6.07) is 4.01. The molecule has 1 aliphatic rings. The van der Waals surface area contributed by atoms with E-state index >= 15 is 0 Å². The number of aryl methyl sites for hydroxylation is 1. The topological polar surface area (TPSA) is 44.9 Å². The lowest BCUT2D eigenvalue weighted by Gasteiger charge is -2.11. The summed E-state index contributed by atoms with van der Waals surface area (Å²) in [7, 11) is 3.88. The highest BCUT2D eigenvalue weighted by Crippen LogP contribution is 1.97. The fourth-order valence-corrected chi connectivity index (χ4v) is 1.41. The van der Waals surface area contributed by atoms with Crippen molar-refractivity contribution in [2.75, 3.05) is 20.1 Å². The predicted octanol–water partition coefficient (Wildman–Crippen LogP) is 0.828. The molecular weight excluding hydrogens is 270 g/mol. The van der Waals surface area contributed by atoms with Crippen LogP contribution in [0.4, 0.5) is 0 Å². The highest BCUT2D eigenvalue weighted by molar-refractivity contribution is 8.93. The molecule has 2 rings (SSSR count). The highest BCUT2D eigenvalue weighted by Gasteiger charge is 2.08. The molecule has 0 saturated carbocycles. The van der Waals surface area contributed by atoms with Crippen LogP contribution in [0, 0.1) is 0 Å². The predicted molar refractivity (Wildman–Crippen MR) is 71.4 cm³/mol. The number of rotatable bonds is 2. The third-order valence-corrected chi connectivity index (χ3v) is 2.31. The third kappa shape index (κ3) is 2.85. The normalized spacial score (nSPS) is 14.5. The Morgan fingerprint density at radius 3 is 3.00 bits per heavy atom. The number of aliphatic imine (C=N–C) groups is 1. The van der Waals surface area contributed by atoms with Crippen LogP contribution in [-0.2, 0) is 7.05 Å². The Kier molecular flexibility index (Phi) is 4.54. The maximum atomic E-state index is 4.30. The number of nitrogens with one attached hydrogen (secondary N) is 1. The van der Waals surface area contributed by atoms with E-state index in [1.54, 1.807) is 5.01 Å². The van der Waals surface area contributed by atoms with Gasteiger partial charge >= 0.3 is 0 Å². The van der Waals surface area contributed by atoms with Crippen LogP contribution in [0.5, 0.6) is 0 Å². The zero-order valence-electron chi connectivity index (χ0n) is 9.42. The first-order valence-electron chi connectivity index (χ1n) is 4.95. The van der Waals surface area contributed by atoms with Crippen LogP contribution in [0.2, 0.25) is 0 Å². The first-order valence-corrected chi connectivity index (χ1v) is 4.95. The van der Waals surface area contributed by atoms with Gasteiger partial charge in [-0.1, -0.05) is 0 Å². The van der Waals surface area contributed by atoms with Crippen LogP contribution in [-0.4, -0.2) is 41.9 Å². The molecule has 0 aliphatic carbocycles. The largest absolute Gasteiger partial charge is 0.353 e. The lowest BCUT2D eigenvalue weighted by molar-refractivity contribution is 0.530. The third-order valence-electron chi connectivity index (χ3n) is 2.31. The molecule has 0 aromatic carbocycles. The van der Waals surface area contributed by atoms with Crippen LogP contribution in [0.25, 0.3) is 0 Å². The number of nitrogens with zero attached hydrogens (tertiary/aromatic N) is 4. The van der Waals surface area contributed by atoms with Gasteiger partial charge in [0.25, 0.3) is 0 Å². The van der Waals surface area contributed by atoms with E-state index in [2.05, 4.69) is 15.4 Å². The Hall–Kier alpha value is -1.30. The summed E-state index contributed by atoms with van der Waals surface area (Å²) < 4.78 is 2.02. The van der Waals surface area contributed by atoms with Crippen molar-refractivity contribution in [3.05, 3.63) is 24.0 Å². The molecule has 0 unspecified atom stereocenters. The van der Waals surface area contributed by atoms with Gasteiger partial charge in [0.05, 0.1) is 18.5 Å². The Morgan fingerprint density at radius 2 is 2.44 bits per heavy atom. The minimum Gasteiger partial charge on any atom is -0.353 e. The molecule has 0 bridgehead atoms. The molecular formula is C10H16BrN5. The summed E-state index contributed by atoms with van der Waals surface area (Å²) in [6.45, 7) is 1.73. The molecule has 16 heavy (non-hydrogen) atoms. The van der Waals surface area contributed by atoms with Gasteiger partial charge in [-0.25, -0.2) is 10.0 Å². The molecule has 1 aromatic heterocycles. The maximum Gasteiger partial charge on any atom is 0.214 e. The number of hydrogen-bond donors (Lipinski definition) is 1. The monoisotopic (exact) mass is 285 g/mol. The number of guanidine groups is 1. The van der Waals surface area contributed by atoms with Crippen molar-refractivity contribution < 1.29 is 0 Å². The lowest BCUT2D eigenvalue weighted by Crippen LogP contribution is -2.32. The van der Waals surface area contributed by atoms with E-state index in [1.807, 2.05) is 43.2 Å². The second-order valence-corrected chi connectivity index (χ2v) is 3.44. The lowest BCUT2D eigenvalue weighted by atomic mass is 10.5. The molecule has 1 N–H and O–H groups in total. The van der Waals surface area contributed by atoms with Gasteiger partial charge in [-0.2, -0.15) is 5.10 Å². The number of hydrazone groups is 1. The molecule has 0 spiro atoms. The quantitative estimate of drug-likeness (QED) is 0.646. The number of halogens is 1. The molecule has 5 nitrogen and oxygen atoms in total. The molecule has 0 radical (unpaired) electrons. The average molecular weight is 286 g/mol. The summed E-state index contributed by atoms with van der Waals surface area (Å²) in [5, 5.41) is 9.21. The summed E-state index contributed by atoms with van der Waals surface area (Å²) in [5.74, 6) is 0.834. The fourth-order valence-electron chi connectivity index (χ4n) is 1.41. The van der Waals surface area contributed by atoms with Gasteiger partial charge in [0.2, 0.25) is 5.96 Å². The SMILES string of the molecule is Br.CN(N=Cc1cccn1C)C1=NCCN1. The minimum absolute atomic E-state index is 0. The van der Waals surface area contributed by atoms with Crippen molar-refractivity contribution in [2.45, 2.75) is 0 Å². The van der Waals surface area contributed by atoms with Crippen LogP contribution in [0.1, 0.15) is 5.69 Å². The van der Waals surface area contributed by atoms with Crippen molar-refractivity contribution in [1.82, 2.24) is 14.9 Å². The molecule has 6 heteroatoms. The van der Waals surface area contributed by atoms with E-state index in [0.717, 1.165) is 24.7 Å². The molecule has 0 saturated heterocycles. The molecule has 2 heterocycles. The molecule has 1 aromatic rings. The summed E-state index contributed by atoms with van der Waals surface area (Å²) in [6.07, 6.45) is 3.81. The van der Waals surface area contributed by atoms with Crippen molar-refractivity contribution >= 4 is 29.2 Å². The smallest absolute Gasteiger partial charge is 0.214 e. The van der Waals surface area contributed by atoms with E-state index in [4.69, 9.17) is 0 Å². The Labute approximate surface area is 106 Å². The average Bonchev–Trinajstić information content (AvgIpc) is 2.85. The summed E-state index contributed by atoms with van der Waals surface area (Å²) in [4.78, 5) is 4.27. The van der Waals surface area contributed by atoms with Crippen molar-refractivity contribution in [3.63, 3.8) is 0 Å². The Morgan fingerprint density at radius 1 is 1.62 bits per heavy atom.